The summed E-state index contributed by atoms with van der Waals surface area (Å²) in [6.07, 6.45) is 4.32. The van der Waals surface area contributed by atoms with Crippen LogP contribution in [0.25, 0.3) is 11.0 Å². The van der Waals surface area contributed by atoms with Crippen LogP contribution in [0.3, 0.4) is 0 Å². The van der Waals surface area contributed by atoms with Crippen LogP contribution >= 0.6 is 0 Å². The number of benzene rings is 1. The Hall–Kier alpha value is -2.96. The van der Waals surface area contributed by atoms with Crippen molar-refractivity contribution < 1.29 is 4.79 Å². The van der Waals surface area contributed by atoms with Gasteiger partial charge in [-0.15, -0.1) is 0 Å². The van der Waals surface area contributed by atoms with Gasteiger partial charge in [-0.1, -0.05) is 26.8 Å². The number of urea groups is 1. The molecule has 2 aromatic heterocycles. The van der Waals surface area contributed by atoms with Gasteiger partial charge in [-0.2, -0.15) is 15.4 Å². The van der Waals surface area contributed by atoms with Gasteiger partial charge in [-0.3, -0.25) is 4.98 Å². The van der Waals surface area contributed by atoms with Crippen LogP contribution in [0.2, 0.25) is 0 Å². The van der Waals surface area contributed by atoms with E-state index in [1.165, 1.54) is 0 Å². The third-order valence-corrected chi connectivity index (χ3v) is 3.78. The maximum atomic E-state index is 12.5. The Labute approximate surface area is 146 Å². The summed E-state index contributed by atoms with van der Waals surface area (Å²) in [7, 11) is 0. The smallest absolute Gasteiger partial charge is 0.319 e. The number of H-pyrrole nitrogens is 1. The van der Waals surface area contributed by atoms with Gasteiger partial charge in [0.25, 0.3) is 0 Å². The van der Waals surface area contributed by atoms with Gasteiger partial charge < -0.3 is 10.6 Å². The molecule has 1 aromatic carbocycles. The standard InChI is InChI=1S/C18H22N6O/c1-18(2,3)10-16(12-5-4-8-19-11-12)21-17(25)20-13-6-7-14-15(9-13)23-24-22-14/h4-9,11,16H,10H2,1-3H3,(H2,20,21,25)(H,22,23,24). The van der Waals surface area contributed by atoms with Crippen LogP contribution < -0.4 is 10.6 Å². The number of pyridine rings is 1. The number of fused-ring (bicyclic) bond motifs is 1. The third-order valence-electron chi connectivity index (χ3n) is 3.78. The summed E-state index contributed by atoms with van der Waals surface area (Å²) < 4.78 is 0. The summed E-state index contributed by atoms with van der Waals surface area (Å²) in [5.74, 6) is 0. The number of carbonyl (C=O) groups excluding carboxylic acids is 1. The van der Waals surface area contributed by atoms with E-state index in [4.69, 9.17) is 0 Å². The molecule has 0 bridgehead atoms. The number of rotatable bonds is 4. The molecule has 7 nitrogen and oxygen atoms in total. The summed E-state index contributed by atoms with van der Waals surface area (Å²) in [6, 6.07) is 8.86. The van der Waals surface area contributed by atoms with Crippen molar-refractivity contribution in [1.82, 2.24) is 25.7 Å². The molecule has 0 aliphatic heterocycles. The van der Waals surface area contributed by atoms with Crippen LogP contribution in [-0.4, -0.2) is 26.4 Å². The van der Waals surface area contributed by atoms with Gasteiger partial charge in [-0.25, -0.2) is 4.79 Å². The second kappa shape index (κ2) is 6.88. The Bertz CT molecular complexity index is 853. The average Bonchev–Trinajstić information content (AvgIpc) is 3.01. The number of anilines is 1. The van der Waals surface area contributed by atoms with E-state index < -0.39 is 0 Å². The van der Waals surface area contributed by atoms with Gasteiger partial charge in [0, 0.05) is 18.1 Å². The molecule has 25 heavy (non-hydrogen) atoms. The molecule has 3 aromatic rings. The Morgan fingerprint density at radius 1 is 1.20 bits per heavy atom. The Balaban J connectivity index is 1.73. The minimum atomic E-state index is -0.263. The maximum Gasteiger partial charge on any atom is 0.319 e. The lowest BCUT2D eigenvalue weighted by atomic mass is 9.86. The number of amides is 2. The van der Waals surface area contributed by atoms with Gasteiger partial charge in [0.2, 0.25) is 0 Å². The summed E-state index contributed by atoms with van der Waals surface area (Å²) in [5, 5.41) is 16.5. The molecule has 0 aliphatic carbocycles. The van der Waals surface area contributed by atoms with Crippen molar-refractivity contribution in [2.24, 2.45) is 5.41 Å². The molecule has 1 atom stereocenters. The van der Waals surface area contributed by atoms with Crippen LogP contribution in [0.1, 0.15) is 38.8 Å². The zero-order valence-corrected chi connectivity index (χ0v) is 14.6. The second-order valence-corrected chi connectivity index (χ2v) is 7.23. The van der Waals surface area contributed by atoms with E-state index in [1.54, 1.807) is 24.5 Å². The predicted molar refractivity (Wildman–Crippen MR) is 97.1 cm³/mol. The fourth-order valence-electron chi connectivity index (χ4n) is 2.69. The first-order chi connectivity index (χ1) is 11.9. The third kappa shape index (κ3) is 4.53. The number of hydrogen-bond donors (Lipinski definition) is 3. The SMILES string of the molecule is CC(C)(C)CC(NC(=O)Nc1ccc2n[nH]nc2c1)c1cccnc1. The minimum Gasteiger partial charge on any atom is -0.331 e. The molecule has 0 saturated carbocycles. The fraction of sp³-hybridized carbons (Fsp3) is 0.333. The second-order valence-electron chi connectivity index (χ2n) is 7.23. The van der Waals surface area contributed by atoms with Crippen LogP contribution in [0.4, 0.5) is 10.5 Å². The highest BCUT2D eigenvalue weighted by Gasteiger charge is 2.22. The molecule has 3 N–H and O–H groups in total. The highest BCUT2D eigenvalue weighted by molar-refractivity contribution is 5.91. The first-order valence-electron chi connectivity index (χ1n) is 8.19. The zero-order valence-electron chi connectivity index (χ0n) is 14.6. The number of aromatic nitrogens is 4. The Kier molecular flexibility index (Phi) is 4.65. The van der Waals surface area contributed by atoms with E-state index in [9.17, 15) is 4.79 Å². The maximum absolute atomic E-state index is 12.5. The van der Waals surface area contributed by atoms with Gasteiger partial charge in [0.05, 0.1) is 6.04 Å². The number of hydrogen-bond acceptors (Lipinski definition) is 4. The van der Waals surface area contributed by atoms with Crippen molar-refractivity contribution in [3.05, 3.63) is 48.3 Å². The topological polar surface area (TPSA) is 95.6 Å². The van der Waals surface area contributed by atoms with Crippen LogP contribution in [0.15, 0.2) is 42.7 Å². The summed E-state index contributed by atoms with van der Waals surface area (Å²) in [5.41, 5.74) is 3.18. The summed E-state index contributed by atoms with van der Waals surface area (Å²) >= 11 is 0. The average molecular weight is 338 g/mol. The Morgan fingerprint density at radius 3 is 2.72 bits per heavy atom. The van der Waals surface area contributed by atoms with Crippen molar-refractivity contribution in [1.29, 1.82) is 0 Å². The highest BCUT2D eigenvalue weighted by atomic mass is 16.2. The van der Waals surface area contributed by atoms with Crippen molar-refractivity contribution >= 4 is 22.8 Å². The van der Waals surface area contributed by atoms with Crippen LogP contribution in [0.5, 0.6) is 0 Å². The minimum absolute atomic E-state index is 0.0629. The lowest BCUT2D eigenvalue weighted by Gasteiger charge is -2.27. The molecule has 1 unspecified atom stereocenters. The largest absolute Gasteiger partial charge is 0.331 e. The Morgan fingerprint density at radius 2 is 2.00 bits per heavy atom. The van der Waals surface area contributed by atoms with Gasteiger partial charge >= 0.3 is 6.03 Å². The van der Waals surface area contributed by atoms with E-state index in [0.29, 0.717) is 11.2 Å². The number of nitrogens with one attached hydrogen (secondary N) is 3. The van der Waals surface area contributed by atoms with Gasteiger partial charge in [0.15, 0.2) is 0 Å². The van der Waals surface area contributed by atoms with Gasteiger partial charge in [-0.05, 0) is 41.7 Å². The van der Waals surface area contributed by atoms with E-state index in [0.717, 1.165) is 17.5 Å². The highest BCUT2D eigenvalue weighted by Crippen LogP contribution is 2.29. The molecule has 2 amide bonds. The predicted octanol–water partition coefficient (Wildman–Crippen LogP) is 3.65. The van der Waals surface area contributed by atoms with Crippen molar-refractivity contribution in [3.63, 3.8) is 0 Å². The molecule has 0 radical (unpaired) electrons. The molecule has 2 heterocycles. The number of aromatic amines is 1. The van der Waals surface area contributed by atoms with Crippen molar-refractivity contribution in [2.45, 2.75) is 33.2 Å². The molecule has 3 rings (SSSR count). The number of carbonyl (C=O) groups is 1. The molecule has 0 fully saturated rings. The molecular formula is C18H22N6O. The van der Waals surface area contributed by atoms with E-state index in [2.05, 4.69) is 51.8 Å². The van der Waals surface area contributed by atoms with E-state index in [-0.39, 0.29) is 17.5 Å². The van der Waals surface area contributed by atoms with Crippen LogP contribution in [-0.2, 0) is 0 Å². The monoisotopic (exact) mass is 338 g/mol. The van der Waals surface area contributed by atoms with E-state index >= 15 is 0 Å². The quantitative estimate of drug-likeness (QED) is 0.676. The molecule has 0 saturated heterocycles. The molecule has 7 heteroatoms. The zero-order chi connectivity index (χ0) is 17.9. The lowest BCUT2D eigenvalue weighted by molar-refractivity contribution is 0.241. The first kappa shape index (κ1) is 16.9. The van der Waals surface area contributed by atoms with Crippen molar-refractivity contribution in [3.8, 4) is 0 Å². The van der Waals surface area contributed by atoms with E-state index in [1.807, 2.05) is 18.2 Å². The summed E-state index contributed by atoms with van der Waals surface area (Å²) in [4.78, 5) is 16.6. The molecule has 0 spiro atoms. The molecule has 0 aliphatic rings. The van der Waals surface area contributed by atoms with Gasteiger partial charge in [0.1, 0.15) is 11.0 Å². The number of nitrogens with zero attached hydrogens (tertiary/aromatic N) is 3. The summed E-state index contributed by atoms with van der Waals surface area (Å²) in [6.45, 7) is 6.44. The normalized spacial score (nSPS) is 12.8. The molecular weight excluding hydrogens is 316 g/mol. The van der Waals surface area contributed by atoms with Crippen molar-refractivity contribution in [2.75, 3.05) is 5.32 Å². The van der Waals surface area contributed by atoms with Crippen LogP contribution in [0, 0.1) is 5.41 Å². The molecule has 130 valence electrons. The lowest BCUT2D eigenvalue weighted by Crippen LogP contribution is -2.34. The fourth-order valence-corrected chi connectivity index (χ4v) is 2.69. The first-order valence-corrected chi connectivity index (χ1v) is 8.19.